The predicted molar refractivity (Wildman–Crippen MR) is 92.0 cm³/mol. The molecule has 1 aliphatic rings. The molecule has 23 heavy (non-hydrogen) atoms. The van der Waals surface area contributed by atoms with E-state index in [-0.39, 0.29) is 5.82 Å². The van der Waals surface area contributed by atoms with Crippen LogP contribution in [0.25, 0.3) is 0 Å². The minimum atomic E-state index is -0.216. The van der Waals surface area contributed by atoms with Crippen LogP contribution < -0.4 is 0 Å². The van der Waals surface area contributed by atoms with Crippen molar-refractivity contribution in [3.05, 3.63) is 71.0 Å². The van der Waals surface area contributed by atoms with E-state index in [0.717, 1.165) is 38.3 Å². The molecule has 2 aromatic carbocycles. The summed E-state index contributed by atoms with van der Waals surface area (Å²) < 4.78 is 12.9. The highest BCUT2D eigenvalue weighted by Crippen LogP contribution is 2.10. The van der Waals surface area contributed by atoms with Crippen molar-refractivity contribution in [3.8, 4) is 0 Å². The summed E-state index contributed by atoms with van der Waals surface area (Å²) in [4.78, 5) is 2.45. The van der Waals surface area contributed by atoms with Crippen LogP contribution in [0.15, 0.2) is 53.6 Å². The Balaban J connectivity index is 1.48. The molecule has 0 radical (unpaired) electrons. The molecule has 2 aromatic rings. The van der Waals surface area contributed by atoms with Gasteiger partial charge in [-0.1, -0.05) is 42.0 Å². The maximum atomic E-state index is 12.9. The smallest absolute Gasteiger partial charge is 0.123 e. The standard InChI is InChI=1S/C19H22FN3/c1-16-2-4-18(5-3-16)15-22-10-12-23(13-11-22)21-14-17-6-8-19(20)9-7-17/h2-9,14H,10-13,15H2,1H3/b21-14-. The lowest BCUT2D eigenvalue weighted by molar-refractivity contribution is 0.131. The number of piperazine rings is 1. The Kier molecular flexibility index (Phi) is 5.03. The molecule has 3 rings (SSSR count). The maximum Gasteiger partial charge on any atom is 0.123 e. The number of benzene rings is 2. The van der Waals surface area contributed by atoms with Crippen LogP contribution in [-0.2, 0) is 6.54 Å². The van der Waals surface area contributed by atoms with E-state index in [1.165, 1.54) is 23.3 Å². The number of hydrogen-bond acceptors (Lipinski definition) is 3. The molecule has 3 nitrogen and oxygen atoms in total. The molecule has 0 unspecified atom stereocenters. The summed E-state index contributed by atoms with van der Waals surface area (Å²) in [5.41, 5.74) is 3.58. The Morgan fingerprint density at radius 2 is 1.61 bits per heavy atom. The average molecular weight is 311 g/mol. The monoisotopic (exact) mass is 311 g/mol. The van der Waals surface area contributed by atoms with Crippen LogP contribution in [0.4, 0.5) is 4.39 Å². The molecule has 0 spiro atoms. The Hall–Kier alpha value is -2.20. The molecule has 0 aromatic heterocycles. The van der Waals surface area contributed by atoms with Gasteiger partial charge in [-0.25, -0.2) is 4.39 Å². The van der Waals surface area contributed by atoms with Gasteiger partial charge in [0.25, 0.3) is 0 Å². The topological polar surface area (TPSA) is 18.8 Å². The number of hydrogen-bond donors (Lipinski definition) is 0. The lowest BCUT2D eigenvalue weighted by atomic mass is 10.1. The highest BCUT2D eigenvalue weighted by molar-refractivity contribution is 5.79. The highest BCUT2D eigenvalue weighted by Gasteiger charge is 2.15. The Labute approximate surface area is 137 Å². The van der Waals surface area contributed by atoms with Gasteiger partial charge < -0.3 is 0 Å². The zero-order chi connectivity index (χ0) is 16.1. The number of aryl methyl sites for hydroxylation is 1. The number of nitrogens with zero attached hydrogens (tertiary/aromatic N) is 3. The van der Waals surface area contributed by atoms with Crippen molar-refractivity contribution < 1.29 is 4.39 Å². The lowest BCUT2D eigenvalue weighted by Gasteiger charge is -2.33. The van der Waals surface area contributed by atoms with Gasteiger partial charge in [0.15, 0.2) is 0 Å². The Morgan fingerprint density at radius 3 is 2.26 bits per heavy atom. The molecule has 120 valence electrons. The van der Waals surface area contributed by atoms with Gasteiger partial charge in [0.2, 0.25) is 0 Å². The average Bonchev–Trinajstić information content (AvgIpc) is 2.58. The second-order valence-electron chi connectivity index (χ2n) is 6.01. The normalized spacial score (nSPS) is 16.2. The molecule has 1 saturated heterocycles. The van der Waals surface area contributed by atoms with Crippen molar-refractivity contribution in [3.63, 3.8) is 0 Å². The minimum Gasteiger partial charge on any atom is -0.295 e. The highest BCUT2D eigenvalue weighted by atomic mass is 19.1. The summed E-state index contributed by atoms with van der Waals surface area (Å²) in [6.45, 7) is 6.97. The minimum absolute atomic E-state index is 0.216. The van der Waals surface area contributed by atoms with E-state index in [0.29, 0.717) is 0 Å². The summed E-state index contributed by atoms with van der Waals surface area (Å²) in [7, 11) is 0. The fourth-order valence-corrected chi connectivity index (χ4v) is 2.66. The second kappa shape index (κ2) is 7.38. The third-order valence-corrected chi connectivity index (χ3v) is 4.12. The third-order valence-electron chi connectivity index (χ3n) is 4.12. The van der Waals surface area contributed by atoms with Gasteiger partial charge in [-0.15, -0.1) is 0 Å². The Bertz CT molecular complexity index is 641. The number of halogens is 1. The van der Waals surface area contributed by atoms with E-state index >= 15 is 0 Å². The van der Waals surface area contributed by atoms with Crippen LogP contribution in [0, 0.1) is 12.7 Å². The predicted octanol–water partition coefficient (Wildman–Crippen LogP) is 3.29. The lowest BCUT2D eigenvalue weighted by Crippen LogP contribution is -2.43. The summed E-state index contributed by atoms with van der Waals surface area (Å²) in [5, 5.41) is 6.57. The number of hydrazone groups is 1. The molecule has 0 bridgehead atoms. The molecule has 1 fully saturated rings. The molecule has 1 heterocycles. The van der Waals surface area contributed by atoms with Crippen molar-refractivity contribution >= 4 is 6.21 Å². The van der Waals surface area contributed by atoms with Gasteiger partial charge in [0.05, 0.1) is 6.21 Å². The first kappa shape index (κ1) is 15.7. The van der Waals surface area contributed by atoms with E-state index in [4.69, 9.17) is 0 Å². The van der Waals surface area contributed by atoms with E-state index in [1.54, 1.807) is 18.3 Å². The molecular weight excluding hydrogens is 289 g/mol. The largest absolute Gasteiger partial charge is 0.295 e. The SMILES string of the molecule is Cc1ccc(CN2CCN(/N=C\c3ccc(F)cc3)CC2)cc1. The molecule has 0 saturated carbocycles. The van der Waals surface area contributed by atoms with Crippen molar-refractivity contribution in [2.75, 3.05) is 26.2 Å². The first-order chi connectivity index (χ1) is 11.2. The van der Waals surface area contributed by atoms with Crippen LogP contribution in [-0.4, -0.2) is 42.3 Å². The molecule has 0 amide bonds. The summed E-state index contributed by atoms with van der Waals surface area (Å²) in [6.07, 6.45) is 1.80. The van der Waals surface area contributed by atoms with Crippen LogP contribution in [0.2, 0.25) is 0 Å². The molecule has 1 aliphatic heterocycles. The van der Waals surface area contributed by atoms with Gasteiger partial charge in [-0.2, -0.15) is 5.10 Å². The first-order valence-electron chi connectivity index (χ1n) is 8.01. The van der Waals surface area contributed by atoms with Crippen LogP contribution in [0.5, 0.6) is 0 Å². The van der Waals surface area contributed by atoms with Gasteiger partial charge in [0.1, 0.15) is 5.82 Å². The molecule has 0 aliphatic carbocycles. The van der Waals surface area contributed by atoms with Crippen LogP contribution in [0.3, 0.4) is 0 Å². The van der Waals surface area contributed by atoms with Crippen LogP contribution in [0.1, 0.15) is 16.7 Å². The van der Waals surface area contributed by atoms with Crippen LogP contribution >= 0.6 is 0 Å². The zero-order valence-corrected chi connectivity index (χ0v) is 13.5. The zero-order valence-electron chi connectivity index (χ0n) is 13.5. The summed E-state index contributed by atoms with van der Waals surface area (Å²) in [6, 6.07) is 15.1. The van der Waals surface area contributed by atoms with Gasteiger partial charge in [-0.05, 0) is 30.2 Å². The van der Waals surface area contributed by atoms with Gasteiger partial charge >= 0.3 is 0 Å². The van der Waals surface area contributed by atoms with E-state index in [2.05, 4.69) is 46.2 Å². The van der Waals surface area contributed by atoms with E-state index in [9.17, 15) is 4.39 Å². The third kappa shape index (κ3) is 4.63. The fourth-order valence-electron chi connectivity index (χ4n) is 2.66. The van der Waals surface area contributed by atoms with E-state index in [1.807, 2.05) is 0 Å². The second-order valence-corrected chi connectivity index (χ2v) is 6.01. The summed E-state index contributed by atoms with van der Waals surface area (Å²) >= 11 is 0. The summed E-state index contributed by atoms with van der Waals surface area (Å²) in [5.74, 6) is -0.216. The first-order valence-corrected chi connectivity index (χ1v) is 8.01. The van der Waals surface area contributed by atoms with Crippen molar-refractivity contribution in [2.24, 2.45) is 5.10 Å². The van der Waals surface area contributed by atoms with Gasteiger partial charge in [0, 0.05) is 32.7 Å². The quantitative estimate of drug-likeness (QED) is 0.807. The number of rotatable bonds is 4. The molecule has 0 atom stereocenters. The van der Waals surface area contributed by atoms with Gasteiger partial charge in [-0.3, -0.25) is 9.91 Å². The molecule has 4 heteroatoms. The molecular formula is C19H22FN3. The fraction of sp³-hybridized carbons (Fsp3) is 0.316. The molecule has 0 N–H and O–H groups in total. The van der Waals surface area contributed by atoms with Crippen molar-refractivity contribution in [2.45, 2.75) is 13.5 Å². The maximum absolute atomic E-state index is 12.9. The van der Waals surface area contributed by atoms with Crippen molar-refractivity contribution in [1.29, 1.82) is 0 Å². The Morgan fingerprint density at radius 1 is 0.957 bits per heavy atom. The van der Waals surface area contributed by atoms with Crippen molar-refractivity contribution in [1.82, 2.24) is 9.91 Å². The van der Waals surface area contributed by atoms with E-state index < -0.39 is 0 Å².